The molecule has 39 heavy (non-hydrogen) atoms. The molecule has 2 aromatic heterocycles. The Kier molecular flexibility index (Phi) is 6.39. The zero-order chi connectivity index (χ0) is 26.8. The molecule has 0 saturated carbocycles. The maximum atomic E-state index is 12.6. The minimum Gasteiger partial charge on any atom is -0.455 e. The number of anilines is 4. The van der Waals surface area contributed by atoms with Crippen LogP contribution in [0.4, 0.5) is 22.9 Å². The quantitative estimate of drug-likeness (QED) is 0.238. The largest absolute Gasteiger partial charge is 0.455 e. The number of aromatic nitrogens is 2. The van der Waals surface area contributed by atoms with Crippen LogP contribution in [0.5, 0.6) is 0 Å². The van der Waals surface area contributed by atoms with E-state index in [0.717, 1.165) is 55.8 Å². The molecule has 0 atom stereocenters. The molecule has 0 aliphatic rings. The van der Waals surface area contributed by atoms with Crippen LogP contribution >= 0.6 is 0 Å². The fourth-order valence-corrected chi connectivity index (χ4v) is 4.64. The summed E-state index contributed by atoms with van der Waals surface area (Å²) in [6.07, 6.45) is 1.85. The summed E-state index contributed by atoms with van der Waals surface area (Å²) in [7, 11) is 3.97. The van der Waals surface area contributed by atoms with E-state index in [0.29, 0.717) is 12.2 Å². The highest BCUT2D eigenvalue weighted by Gasteiger charge is 2.13. The maximum absolute atomic E-state index is 12.6. The highest BCUT2D eigenvalue weighted by atomic mass is 16.3. The van der Waals surface area contributed by atoms with Crippen LogP contribution in [0.3, 0.4) is 0 Å². The predicted molar refractivity (Wildman–Crippen MR) is 158 cm³/mol. The average molecular weight is 514 g/mol. The van der Waals surface area contributed by atoms with Crippen molar-refractivity contribution in [3.05, 3.63) is 109 Å². The fraction of sp³-hybridized carbons (Fsp3) is 0.0938. The summed E-state index contributed by atoms with van der Waals surface area (Å²) in [5.74, 6) is 0.595. The molecule has 0 radical (unpaired) electrons. The fourth-order valence-electron chi connectivity index (χ4n) is 4.64. The topological polar surface area (TPSA) is 83.3 Å². The van der Waals surface area contributed by atoms with Gasteiger partial charge in [-0.05, 0) is 54.1 Å². The lowest BCUT2D eigenvalue weighted by Gasteiger charge is -2.13. The van der Waals surface area contributed by atoms with E-state index in [4.69, 9.17) is 4.42 Å². The monoisotopic (exact) mass is 513 g/mol. The summed E-state index contributed by atoms with van der Waals surface area (Å²) < 4.78 is 6.18. The summed E-state index contributed by atoms with van der Waals surface area (Å²) in [6.45, 7) is 0. The van der Waals surface area contributed by atoms with E-state index in [1.54, 1.807) is 6.33 Å². The van der Waals surface area contributed by atoms with E-state index < -0.39 is 0 Å². The van der Waals surface area contributed by atoms with Gasteiger partial charge >= 0.3 is 0 Å². The van der Waals surface area contributed by atoms with Crippen LogP contribution in [-0.4, -0.2) is 30.0 Å². The second-order valence-electron chi connectivity index (χ2n) is 9.56. The van der Waals surface area contributed by atoms with Crippen molar-refractivity contribution in [3.8, 4) is 11.3 Å². The van der Waals surface area contributed by atoms with Gasteiger partial charge in [0.2, 0.25) is 5.91 Å². The third-order valence-corrected chi connectivity index (χ3v) is 6.58. The van der Waals surface area contributed by atoms with Gasteiger partial charge in [-0.3, -0.25) is 4.79 Å². The maximum Gasteiger partial charge on any atom is 0.228 e. The average Bonchev–Trinajstić information content (AvgIpc) is 3.33. The summed E-state index contributed by atoms with van der Waals surface area (Å²) >= 11 is 0. The van der Waals surface area contributed by atoms with Crippen LogP contribution in [0.25, 0.3) is 33.2 Å². The minimum atomic E-state index is -0.0631. The van der Waals surface area contributed by atoms with Gasteiger partial charge in [0.1, 0.15) is 23.3 Å². The van der Waals surface area contributed by atoms with Gasteiger partial charge in [0.15, 0.2) is 0 Å². The second kappa shape index (κ2) is 10.3. The summed E-state index contributed by atoms with van der Waals surface area (Å²) in [5, 5.41) is 8.43. The van der Waals surface area contributed by atoms with Gasteiger partial charge in [0, 0.05) is 53.6 Å². The number of carbonyl (C=O) groups is 1. The van der Waals surface area contributed by atoms with Gasteiger partial charge < -0.3 is 20.0 Å². The van der Waals surface area contributed by atoms with Gasteiger partial charge in [-0.2, -0.15) is 0 Å². The third kappa shape index (κ3) is 5.15. The molecular formula is C32H27N5O2. The number of rotatable bonds is 7. The number of hydrogen-bond donors (Lipinski definition) is 2. The first-order valence-corrected chi connectivity index (χ1v) is 12.7. The van der Waals surface area contributed by atoms with Gasteiger partial charge in [0.05, 0.1) is 12.1 Å². The van der Waals surface area contributed by atoms with E-state index in [9.17, 15) is 4.79 Å². The van der Waals surface area contributed by atoms with E-state index in [1.165, 1.54) is 0 Å². The minimum absolute atomic E-state index is 0.0631. The molecule has 192 valence electrons. The molecule has 0 bridgehead atoms. The van der Waals surface area contributed by atoms with Crippen LogP contribution in [0.1, 0.15) is 5.56 Å². The first-order valence-electron chi connectivity index (χ1n) is 12.7. The zero-order valence-electron chi connectivity index (χ0n) is 21.7. The molecular weight excluding hydrogens is 486 g/mol. The molecule has 1 amide bonds. The van der Waals surface area contributed by atoms with Crippen molar-refractivity contribution in [3.63, 3.8) is 0 Å². The number of para-hydroxylation sites is 2. The van der Waals surface area contributed by atoms with Crippen LogP contribution in [0.15, 0.2) is 108 Å². The highest BCUT2D eigenvalue weighted by Crippen LogP contribution is 2.35. The van der Waals surface area contributed by atoms with Crippen LogP contribution in [0, 0.1) is 0 Å². The van der Waals surface area contributed by atoms with Gasteiger partial charge in [-0.25, -0.2) is 9.97 Å². The van der Waals surface area contributed by atoms with Crippen molar-refractivity contribution in [2.24, 2.45) is 0 Å². The number of fused-ring (bicyclic) bond motifs is 3. The summed E-state index contributed by atoms with van der Waals surface area (Å²) in [4.78, 5) is 23.5. The van der Waals surface area contributed by atoms with Crippen molar-refractivity contribution >= 4 is 50.7 Å². The van der Waals surface area contributed by atoms with Crippen molar-refractivity contribution < 1.29 is 9.21 Å². The Balaban J connectivity index is 1.16. The molecule has 2 N–H and O–H groups in total. The number of benzene rings is 4. The Hall–Kier alpha value is -5.17. The van der Waals surface area contributed by atoms with Crippen LogP contribution in [0.2, 0.25) is 0 Å². The standard InChI is InChI=1S/C32H27N5O2/c1-37(2)24-8-5-7-21(17-24)18-31(38)36-23-15-13-22(14-16-23)35-30-19-28(33-20-34-30)27-11-6-10-26-25-9-3-4-12-29(25)39-32(26)27/h3-17,19-20H,18H2,1-2H3,(H,36,38)(H,33,34,35). The summed E-state index contributed by atoms with van der Waals surface area (Å²) in [6, 6.07) is 31.5. The Labute approximate surface area is 226 Å². The van der Waals surface area contributed by atoms with Crippen molar-refractivity contribution in [2.75, 3.05) is 29.6 Å². The molecule has 4 aromatic carbocycles. The SMILES string of the molecule is CN(C)c1cccc(CC(=O)Nc2ccc(Nc3cc(-c4cccc5c4oc4ccccc45)ncn3)cc2)c1. The molecule has 0 spiro atoms. The van der Waals surface area contributed by atoms with Gasteiger partial charge in [-0.15, -0.1) is 0 Å². The van der Waals surface area contributed by atoms with Gasteiger partial charge in [0.25, 0.3) is 0 Å². The Morgan fingerprint density at radius 1 is 0.821 bits per heavy atom. The van der Waals surface area contributed by atoms with Crippen molar-refractivity contribution in [2.45, 2.75) is 6.42 Å². The Morgan fingerprint density at radius 3 is 2.44 bits per heavy atom. The molecule has 6 aromatic rings. The first kappa shape index (κ1) is 24.2. The number of nitrogens with one attached hydrogen (secondary N) is 2. The number of hydrogen-bond acceptors (Lipinski definition) is 6. The lowest BCUT2D eigenvalue weighted by Crippen LogP contribution is -2.15. The van der Waals surface area contributed by atoms with Crippen LogP contribution < -0.4 is 15.5 Å². The number of nitrogens with zero attached hydrogens (tertiary/aromatic N) is 3. The van der Waals surface area contributed by atoms with E-state index in [1.807, 2.05) is 104 Å². The van der Waals surface area contributed by atoms with Crippen molar-refractivity contribution in [1.82, 2.24) is 9.97 Å². The smallest absolute Gasteiger partial charge is 0.228 e. The highest BCUT2D eigenvalue weighted by molar-refractivity contribution is 6.09. The Morgan fingerprint density at radius 2 is 1.59 bits per heavy atom. The Bertz CT molecular complexity index is 1790. The third-order valence-electron chi connectivity index (χ3n) is 6.58. The lowest BCUT2D eigenvalue weighted by molar-refractivity contribution is -0.115. The molecule has 0 aliphatic carbocycles. The molecule has 0 fully saturated rings. The first-order chi connectivity index (χ1) is 19.0. The lowest BCUT2D eigenvalue weighted by atomic mass is 10.1. The van der Waals surface area contributed by atoms with Crippen LogP contribution in [-0.2, 0) is 11.2 Å². The number of carbonyl (C=O) groups excluding carboxylic acids is 1. The van der Waals surface area contributed by atoms with Crippen molar-refractivity contribution in [1.29, 1.82) is 0 Å². The number of amides is 1. The summed E-state index contributed by atoms with van der Waals surface area (Å²) in [5.41, 5.74) is 6.93. The molecule has 7 heteroatoms. The normalized spacial score (nSPS) is 11.0. The van der Waals surface area contributed by atoms with Gasteiger partial charge in [-0.1, -0.05) is 42.5 Å². The predicted octanol–water partition coefficient (Wildman–Crippen LogP) is 7.03. The molecule has 0 aliphatic heterocycles. The molecule has 0 unspecified atom stereocenters. The number of furan rings is 1. The molecule has 2 heterocycles. The van der Waals surface area contributed by atoms with E-state index >= 15 is 0 Å². The molecule has 7 nitrogen and oxygen atoms in total. The van der Waals surface area contributed by atoms with E-state index in [2.05, 4.69) is 32.7 Å². The molecule has 0 saturated heterocycles. The molecule has 6 rings (SSSR count). The zero-order valence-corrected chi connectivity index (χ0v) is 21.7. The second-order valence-corrected chi connectivity index (χ2v) is 9.56. The van der Waals surface area contributed by atoms with E-state index in [-0.39, 0.29) is 5.91 Å².